The molecule has 0 radical (unpaired) electrons. The molecule has 1 aromatic carbocycles. The first-order valence-corrected chi connectivity index (χ1v) is 10.3. The average molecular weight is 404 g/mol. The lowest BCUT2D eigenvalue weighted by molar-refractivity contribution is 0.0923. The summed E-state index contributed by atoms with van der Waals surface area (Å²) in [7, 11) is 0. The molecule has 0 spiro atoms. The second-order valence-corrected chi connectivity index (χ2v) is 8.34. The number of benzene rings is 1. The van der Waals surface area contributed by atoms with E-state index >= 15 is 0 Å². The van der Waals surface area contributed by atoms with Crippen LogP contribution in [0.2, 0.25) is 0 Å². The Bertz CT molecular complexity index is 1020. The number of nitrogens with zero attached hydrogens (tertiary/aromatic N) is 5. The highest BCUT2D eigenvalue weighted by Gasteiger charge is 2.57. The van der Waals surface area contributed by atoms with Gasteiger partial charge in [-0.15, -0.1) is 0 Å². The van der Waals surface area contributed by atoms with Crippen molar-refractivity contribution in [2.24, 2.45) is 5.92 Å². The van der Waals surface area contributed by atoms with E-state index in [1.54, 1.807) is 18.5 Å². The van der Waals surface area contributed by atoms with Crippen LogP contribution in [0.4, 0.5) is 0 Å². The largest absolute Gasteiger partial charge is 0.347 e. The van der Waals surface area contributed by atoms with E-state index in [0.717, 1.165) is 32.5 Å². The number of fused-ring (bicyclic) bond motifs is 1. The number of rotatable bonds is 5. The van der Waals surface area contributed by atoms with Crippen LogP contribution in [0, 0.1) is 12.8 Å². The van der Waals surface area contributed by atoms with E-state index in [0.29, 0.717) is 17.6 Å². The minimum atomic E-state index is -0.245. The molecule has 2 aromatic heterocycles. The fourth-order valence-corrected chi connectivity index (χ4v) is 5.04. The maximum Gasteiger partial charge on any atom is 0.289 e. The van der Waals surface area contributed by atoms with Gasteiger partial charge in [0, 0.05) is 38.1 Å². The molecule has 1 N–H and O–H groups in total. The van der Waals surface area contributed by atoms with Crippen LogP contribution in [-0.4, -0.2) is 50.0 Å². The maximum atomic E-state index is 12.6. The van der Waals surface area contributed by atoms with Crippen molar-refractivity contribution in [3.05, 3.63) is 71.9 Å². The zero-order valence-electron chi connectivity index (χ0n) is 16.9. The Morgan fingerprint density at radius 2 is 2.03 bits per heavy atom. The summed E-state index contributed by atoms with van der Waals surface area (Å²) < 4.78 is 5.66. The Labute approximate surface area is 174 Å². The minimum Gasteiger partial charge on any atom is -0.347 e. The van der Waals surface area contributed by atoms with E-state index in [2.05, 4.69) is 54.6 Å². The summed E-state index contributed by atoms with van der Waals surface area (Å²) in [4.78, 5) is 27.7. The fraction of sp³-hybridized carbons (Fsp3) is 0.409. The monoisotopic (exact) mass is 404 g/mol. The molecule has 3 heterocycles. The molecule has 3 atom stereocenters. The molecular formula is C22H24N6O2. The van der Waals surface area contributed by atoms with Crippen molar-refractivity contribution < 1.29 is 9.32 Å². The van der Waals surface area contributed by atoms with Crippen molar-refractivity contribution in [1.82, 2.24) is 30.3 Å². The first kappa shape index (κ1) is 18.9. The molecular weight excluding hydrogens is 380 g/mol. The number of nitrogens with one attached hydrogen (secondary N) is 1. The number of hydrogen-bond donors (Lipinski definition) is 1. The van der Waals surface area contributed by atoms with Gasteiger partial charge in [-0.3, -0.25) is 9.69 Å². The summed E-state index contributed by atoms with van der Waals surface area (Å²) in [6.45, 7) is 4.50. The van der Waals surface area contributed by atoms with Crippen molar-refractivity contribution in [3.63, 3.8) is 0 Å². The van der Waals surface area contributed by atoms with E-state index in [1.165, 1.54) is 5.56 Å². The highest BCUT2D eigenvalue weighted by Crippen LogP contribution is 2.50. The van der Waals surface area contributed by atoms with E-state index in [-0.39, 0.29) is 23.2 Å². The first-order valence-electron chi connectivity index (χ1n) is 10.3. The lowest BCUT2D eigenvalue weighted by Gasteiger charge is -2.25. The van der Waals surface area contributed by atoms with Gasteiger partial charge in [-0.1, -0.05) is 35.5 Å². The molecule has 1 aliphatic carbocycles. The number of hydrogen-bond acceptors (Lipinski definition) is 7. The molecule has 1 aliphatic heterocycles. The zero-order chi connectivity index (χ0) is 20.6. The Balaban J connectivity index is 1.35. The molecule has 0 bridgehead atoms. The van der Waals surface area contributed by atoms with Crippen LogP contribution in [0.5, 0.6) is 0 Å². The predicted molar refractivity (Wildman–Crippen MR) is 108 cm³/mol. The molecule has 5 rings (SSSR count). The molecule has 2 fully saturated rings. The smallest absolute Gasteiger partial charge is 0.289 e. The third kappa shape index (κ3) is 3.47. The van der Waals surface area contributed by atoms with Gasteiger partial charge in [0.15, 0.2) is 5.82 Å². The number of amides is 1. The summed E-state index contributed by atoms with van der Waals surface area (Å²) in [6.07, 6.45) is 4.79. The fourth-order valence-electron chi connectivity index (χ4n) is 5.04. The van der Waals surface area contributed by atoms with Gasteiger partial charge < -0.3 is 9.84 Å². The highest BCUT2D eigenvalue weighted by molar-refractivity contribution is 5.90. The number of carbonyl (C=O) groups is 1. The first-order chi connectivity index (χ1) is 14.6. The molecule has 3 unspecified atom stereocenters. The topological polar surface area (TPSA) is 97.0 Å². The highest BCUT2D eigenvalue weighted by atomic mass is 16.5. The van der Waals surface area contributed by atoms with Crippen LogP contribution in [0.3, 0.4) is 0 Å². The van der Waals surface area contributed by atoms with E-state index in [9.17, 15) is 4.79 Å². The second-order valence-electron chi connectivity index (χ2n) is 8.34. The predicted octanol–water partition coefficient (Wildman–Crippen LogP) is 2.13. The van der Waals surface area contributed by atoms with Gasteiger partial charge in [-0.05, 0) is 37.3 Å². The van der Waals surface area contributed by atoms with Gasteiger partial charge in [-0.25, -0.2) is 9.97 Å². The third-order valence-corrected chi connectivity index (χ3v) is 6.25. The normalized spacial score (nSPS) is 25.9. The zero-order valence-corrected chi connectivity index (χ0v) is 16.9. The van der Waals surface area contributed by atoms with Crippen LogP contribution in [0.15, 0.2) is 53.3 Å². The maximum absolute atomic E-state index is 12.6. The standard InChI is InChI=1S/C22H24N6O2/c1-15-25-21(30-27-15)22-11-18(26-20(29)19-23-8-5-9-24-19)10-17(22)13-28(14-22)12-16-6-3-2-4-7-16/h2-9,17-18H,10-14H2,1H3,(H,26,29). The number of likely N-dealkylation sites (tertiary alicyclic amines) is 1. The van der Waals surface area contributed by atoms with Crippen molar-refractivity contribution in [1.29, 1.82) is 0 Å². The Kier molecular flexibility index (Phi) is 4.78. The lowest BCUT2D eigenvalue weighted by atomic mass is 9.80. The van der Waals surface area contributed by atoms with Crippen molar-refractivity contribution in [3.8, 4) is 0 Å². The summed E-state index contributed by atoms with van der Waals surface area (Å²) >= 11 is 0. The van der Waals surface area contributed by atoms with Crippen LogP contribution < -0.4 is 5.32 Å². The summed E-state index contributed by atoms with van der Waals surface area (Å²) in [5.74, 6) is 1.63. The molecule has 1 saturated carbocycles. The van der Waals surface area contributed by atoms with Gasteiger partial charge >= 0.3 is 0 Å². The summed E-state index contributed by atoms with van der Waals surface area (Å²) in [6, 6.07) is 12.2. The minimum absolute atomic E-state index is 0.0254. The van der Waals surface area contributed by atoms with Crippen LogP contribution in [-0.2, 0) is 12.0 Å². The van der Waals surface area contributed by atoms with E-state index < -0.39 is 0 Å². The Hall–Kier alpha value is -3.13. The van der Waals surface area contributed by atoms with Gasteiger partial charge in [0.25, 0.3) is 5.91 Å². The molecule has 8 nitrogen and oxygen atoms in total. The number of aromatic nitrogens is 4. The van der Waals surface area contributed by atoms with Crippen LogP contribution in [0.25, 0.3) is 0 Å². The molecule has 1 amide bonds. The molecule has 30 heavy (non-hydrogen) atoms. The Morgan fingerprint density at radius 1 is 1.23 bits per heavy atom. The van der Waals surface area contributed by atoms with Crippen molar-refractivity contribution in [2.45, 2.75) is 37.8 Å². The summed E-state index contributed by atoms with van der Waals surface area (Å²) in [5.41, 5.74) is 1.05. The van der Waals surface area contributed by atoms with Gasteiger partial charge in [0.2, 0.25) is 11.7 Å². The molecule has 3 aromatic rings. The third-order valence-electron chi connectivity index (χ3n) is 6.25. The molecule has 2 aliphatic rings. The van der Waals surface area contributed by atoms with Crippen molar-refractivity contribution in [2.75, 3.05) is 13.1 Å². The molecule has 8 heteroatoms. The van der Waals surface area contributed by atoms with Crippen LogP contribution >= 0.6 is 0 Å². The van der Waals surface area contributed by atoms with Gasteiger partial charge in [0.1, 0.15) is 0 Å². The lowest BCUT2D eigenvalue weighted by Crippen LogP contribution is -2.38. The molecule has 1 saturated heterocycles. The van der Waals surface area contributed by atoms with E-state index in [1.807, 2.05) is 13.0 Å². The number of carbonyl (C=O) groups excluding carboxylic acids is 1. The van der Waals surface area contributed by atoms with Crippen molar-refractivity contribution >= 4 is 5.91 Å². The molecule has 154 valence electrons. The Morgan fingerprint density at radius 3 is 2.77 bits per heavy atom. The number of aryl methyl sites for hydroxylation is 1. The van der Waals surface area contributed by atoms with Crippen LogP contribution in [0.1, 0.15) is 40.7 Å². The van der Waals surface area contributed by atoms with Gasteiger partial charge in [0.05, 0.1) is 5.41 Å². The second kappa shape index (κ2) is 7.60. The average Bonchev–Trinajstić information content (AvgIpc) is 3.42. The summed E-state index contributed by atoms with van der Waals surface area (Å²) in [5, 5.41) is 7.16. The van der Waals surface area contributed by atoms with E-state index in [4.69, 9.17) is 4.52 Å². The SMILES string of the molecule is Cc1noc(C23CC(NC(=O)c4ncccn4)CC2CN(Cc2ccccc2)C3)n1. The quantitative estimate of drug-likeness (QED) is 0.696. The van der Waals surface area contributed by atoms with Gasteiger partial charge in [-0.2, -0.15) is 4.98 Å².